The quantitative estimate of drug-likeness (QED) is 0.688. The topological polar surface area (TPSA) is 12.9 Å². The number of hydrogen-bond donors (Lipinski definition) is 0. The fourth-order valence-electron chi connectivity index (χ4n) is 1.77. The molecule has 0 saturated carbocycles. The van der Waals surface area contributed by atoms with Crippen LogP contribution in [0.5, 0.6) is 0 Å². The zero-order valence-electron chi connectivity index (χ0n) is 10.8. The SMILES string of the molecule is C=C/C(=C(\C=C/C)C(=C)C)c1ccncc1C. The second kappa shape index (κ2) is 6.00. The first-order valence-electron chi connectivity index (χ1n) is 5.68. The molecular formula is C16H19N. The monoisotopic (exact) mass is 225 g/mol. The van der Waals surface area contributed by atoms with Gasteiger partial charge in [-0.05, 0) is 49.1 Å². The van der Waals surface area contributed by atoms with Crippen LogP contribution in [0.1, 0.15) is 25.0 Å². The van der Waals surface area contributed by atoms with Crippen LogP contribution in [-0.2, 0) is 0 Å². The molecule has 0 radical (unpaired) electrons. The number of pyridine rings is 1. The van der Waals surface area contributed by atoms with E-state index in [1.165, 1.54) is 0 Å². The van der Waals surface area contributed by atoms with E-state index in [0.29, 0.717) is 0 Å². The first-order chi connectivity index (χ1) is 8.11. The molecule has 17 heavy (non-hydrogen) atoms. The first-order valence-corrected chi connectivity index (χ1v) is 5.68. The third kappa shape index (κ3) is 3.04. The Bertz CT molecular complexity index is 490. The van der Waals surface area contributed by atoms with Gasteiger partial charge >= 0.3 is 0 Å². The van der Waals surface area contributed by atoms with Crippen LogP contribution in [0.15, 0.2) is 61.0 Å². The van der Waals surface area contributed by atoms with E-state index in [1.54, 1.807) is 6.20 Å². The summed E-state index contributed by atoms with van der Waals surface area (Å²) in [5.41, 5.74) is 5.57. The van der Waals surface area contributed by atoms with Crippen LogP contribution in [0.2, 0.25) is 0 Å². The lowest BCUT2D eigenvalue weighted by atomic mass is 9.94. The summed E-state index contributed by atoms with van der Waals surface area (Å²) in [6, 6.07) is 2.01. The van der Waals surface area contributed by atoms with Gasteiger partial charge in [0.25, 0.3) is 0 Å². The second-order valence-electron chi connectivity index (χ2n) is 4.00. The molecule has 0 aliphatic heterocycles. The third-order valence-electron chi connectivity index (χ3n) is 2.60. The fourth-order valence-corrected chi connectivity index (χ4v) is 1.77. The summed E-state index contributed by atoms with van der Waals surface area (Å²) in [5.74, 6) is 0. The van der Waals surface area contributed by atoms with Crippen molar-refractivity contribution in [3.8, 4) is 0 Å². The second-order valence-corrected chi connectivity index (χ2v) is 4.00. The third-order valence-corrected chi connectivity index (χ3v) is 2.60. The van der Waals surface area contributed by atoms with E-state index in [4.69, 9.17) is 0 Å². The van der Waals surface area contributed by atoms with Crippen molar-refractivity contribution >= 4 is 5.57 Å². The van der Waals surface area contributed by atoms with Crippen LogP contribution < -0.4 is 0 Å². The fraction of sp³-hybridized carbons (Fsp3) is 0.188. The van der Waals surface area contributed by atoms with Crippen LogP contribution >= 0.6 is 0 Å². The molecule has 1 nitrogen and oxygen atoms in total. The van der Waals surface area contributed by atoms with Gasteiger partial charge in [-0.3, -0.25) is 4.98 Å². The zero-order chi connectivity index (χ0) is 12.8. The summed E-state index contributed by atoms with van der Waals surface area (Å²) in [5, 5.41) is 0. The van der Waals surface area contributed by atoms with Gasteiger partial charge in [-0.2, -0.15) is 0 Å². The highest BCUT2D eigenvalue weighted by Gasteiger charge is 2.07. The average molecular weight is 225 g/mol. The van der Waals surface area contributed by atoms with Gasteiger partial charge in [0.2, 0.25) is 0 Å². The predicted molar refractivity (Wildman–Crippen MR) is 75.7 cm³/mol. The van der Waals surface area contributed by atoms with Crippen molar-refractivity contribution in [3.63, 3.8) is 0 Å². The Morgan fingerprint density at radius 1 is 1.41 bits per heavy atom. The van der Waals surface area contributed by atoms with Gasteiger partial charge in [0, 0.05) is 12.4 Å². The van der Waals surface area contributed by atoms with E-state index >= 15 is 0 Å². The summed E-state index contributed by atoms with van der Waals surface area (Å²) >= 11 is 0. The van der Waals surface area contributed by atoms with E-state index in [2.05, 4.69) is 31.1 Å². The Morgan fingerprint density at radius 2 is 2.12 bits per heavy atom. The zero-order valence-corrected chi connectivity index (χ0v) is 10.8. The highest BCUT2D eigenvalue weighted by atomic mass is 14.6. The lowest BCUT2D eigenvalue weighted by molar-refractivity contribution is 1.25. The van der Waals surface area contributed by atoms with E-state index < -0.39 is 0 Å². The van der Waals surface area contributed by atoms with Crippen molar-refractivity contribution < 1.29 is 0 Å². The van der Waals surface area contributed by atoms with E-state index in [9.17, 15) is 0 Å². The lowest BCUT2D eigenvalue weighted by Gasteiger charge is -2.11. The van der Waals surface area contributed by atoms with E-state index in [1.807, 2.05) is 38.3 Å². The van der Waals surface area contributed by atoms with Gasteiger partial charge in [0.1, 0.15) is 0 Å². The van der Waals surface area contributed by atoms with Crippen LogP contribution in [0.25, 0.3) is 5.57 Å². The smallest absolute Gasteiger partial charge is 0.0303 e. The standard InChI is InChI=1S/C16H19N/c1-6-8-15(12(3)4)14(7-2)16-9-10-17-11-13(16)5/h6-11H,2-3H2,1,4-5H3/b8-6-,15-14-. The number of aryl methyl sites for hydroxylation is 1. The van der Waals surface area contributed by atoms with Crippen LogP contribution in [0, 0.1) is 6.92 Å². The van der Waals surface area contributed by atoms with Crippen molar-refractivity contribution in [2.45, 2.75) is 20.8 Å². The molecule has 0 unspecified atom stereocenters. The molecule has 1 aromatic rings. The Labute approximate surface area is 104 Å². The average Bonchev–Trinajstić information content (AvgIpc) is 2.31. The minimum atomic E-state index is 1.04. The van der Waals surface area contributed by atoms with Crippen LogP contribution in [-0.4, -0.2) is 4.98 Å². The van der Waals surface area contributed by atoms with Gasteiger partial charge in [-0.1, -0.05) is 37.0 Å². The number of aromatic nitrogens is 1. The molecule has 0 aliphatic carbocycles. The molecule has 0 saturated heterocycles. The highest BCUT2D eigenvalue weighted by molar-refractivity contribution is 5.82. The van der Waals surface area contributed by atoms with Gasteiger partial charge in [0.05, 0.1) is 0 Å². The van der Waals surface area contributed by atoms with Gasteiger partial charge < -0.3 is 0 Å². The highest BCUT2D eigenvalue weighted by Crippen LogP contribution is 2.26. The van der Waals surface area contributed by atoms with Crippen molar-refractivity contribution in [2.75, 3.05) is 0 Å². The maximum Gasteiger partial charge on any atom is 0.0303 e. The number of allylic oxidation sites excluding steroid dienone is 6. The molecule has 0 N–H and O–H groups in total. The number of nitrogens with zero attached hydrogens (tertiary/aromatic N) is 1. The maximum absolute atomic E-state index is 4.11. The predicted octanol–water partition coefficient (Wildman–Crippen LogP) is 4.48. The molecule has 88 valence electrons. The first kappa shape index (κ1) is 13.2. The Kier molecular flexibility index (Phi) is 4.65. The van der Waals surface area contributed by atoms with Crippen molar-refractivity contribution in [3.05, 3.63) is 72.1 Å². The summed E-state index contributed by atoms with van der Waals surface area (Å²) in [6.07, 6.45) is 9.64. The molecule has 0 atom stereocenters. The lowest BCUT2D eigenvalue weighted by Crippen LogP contribution is -1.93. The molecular weight excluding hydrogens is 206 g/mol. The largest absolute Gasteiger partial charge is 0.264 e. The molecule has 0 amide bonds. The van der Waals surface area contributed by atoms with Crippen LogP contribution in [0.4, 0.5) is 0 Å². The molecule has 1 rings (SSSR count). The summed E-state index contributed by atoms with van der Waals surface area (Å²) in [4.78, 5) is 4.11. The minimum absolute atomic E-state index is 1.04. The van der Waals surface area contributed by atoms with Crippen molar-refractivity contribution in [1.29, 1.82) is 0 Å². The molecule has 1 heterocycles. The minimum Gasteiger partial charge on any atom is -0.264 e. The Hall–Kier alpha value is -1.89. The molecule has 1 aromatic heterocycles. The Balaban J connectivity index is 3.50. The number of hydrogen-bond acceptors (Lipinski definition) is 1. The molecule has 0 aromatic carbocycles. The molecule has 1 heteroatoms. The van der Waals surface area contributed by atoms with Gasteiger partial charge in [-0.25, -0.2) is 0 Å². The van der Waals surface area contributed by atoms with E-state index in [-0.39, 0.29) is 0 Å². The normalized spacial score (nSPS) is 12.4. The molecule has 0 bridgehead atoms. The van der Waals surface area contributed by atoms with Crippen molar-refractivity contribution in [1.82, 2.24) is 4.98 Å². The van der Waals surface area contributed by atoms with Gasteiger partial charge in [-0.15, -0.1) is 0 Å². The van der Waals surface area contributed by atoms with Crippen LogP contribution in [0.3, 0.4) is 0 Å². The Morgan fingerprint density at radius 3 is 2.59 bits per heavy atom. The molecule has 0 fully saturated rings. The summed E-state index contributed by atoms with van der Waals surface area (Å²) in [6.45, 7) is 14.0. The summed E-state index contributed by atoms with van der Waals surface area (Å²) < 4.78 is 0. The molecule has 0 spiro atoms. The van der Waals surface area contributed by atoms with E-state index in [0.717, 1.165) is 27.8 Å². The number of rotatable bonds is 4. The van der Waals surface area contributed by atoms with Crippen molar-refractivity contribution in [2.24, 2.45) is 0 Å². The maximum atomic E-state index is 4.11. The van der Waals surface area contributed by atoms with Gasteiger partial charge in [0.15, 0.2) is 0 Å². The summed E-state index contributed by atoms with van der Waals surface area (Å²) in [7, 11) is 0. The molecule has 0 aliphatic rings.